The Labute approximate surface area is 234 Å². The minimum Gasteiger partial charge on any atom is -0.369 e. The highest BCUT2D eigenvalue weighted by Crippen LogP contribution is 2.47. The molecule has 0 spiro atoms. The van der Waals surface area contributed by atoms with Gasteiger partial charge in [-0.15, -0.1) is 0 Å². The number of alkyl halides is 3. The summed E-state index contributed by atoms with van der Waals surface area (Å²) in [6, 6.07) is 7.60. The minimum absolute atomic E-state index is 0.00688. The molecule has 0 aromatic heterocycles. The minimum atomic E-state index is -1.79. The molecule has 2 aromatic carbocycles. The molecule has 2 N–H and O–H groups in total. The van der Waals surface area contributed by atoms with E-state index in [0.29, 0.717) is 33.3 Å². The van der Waals surface area contributed by atoms with Gasteiger partial charge >= 0.3 is 0 Å². The molecule has 2 unspecified atom stereocenters. The first-order valence-electron chi connectivity index (χ1n) is 9.45. The van der Waals surface area contributed by atoms with E-state index in [1.54, 1.807) is 70.3 Å². The number of hydrogen-bond acceptors (Lipinski definition) is 4. The number of hydrogen-bond donors (Lipinski definition) is 2. The molecule has 0 fully saturated rings. The molecular weight excluding hydrogens is 769 g/mol. The second kappa shape index (κ2) is 11.0. The molecule has 0 saturated carbocycles. The summed E-state index contributed by atoms with van der Waals surface area (Å²) in [4.78, 5) is 17.7. The van der Waals surface area contributed by atoms with Gasteiger partial charge in [0.25, 0.3) is 5.91 Å². The Morgan fingerprint density at radius 3 is 2.52 bits per heavy atom. The van der Waals surface area contributed by atoms with Crippen LogP contribution in [0.1, 0.15) is 45.8 Å². The Hall–Kier alpha value is -0.570. The molecule has 1 heterocycles. The number of carbonyl (C=O) groups is 1. The van der Waals surface area contributed by atoms with E-state index in [-0.39, 0.29) is 28.1 Å². The van der Waals surface area contributed by atoms with Gasteiger partial charge < -0.3 is 15.6 Å². The zero-order valence-electron chi connectivity index (χ0n) is 16.9. The fourth-order valence-electron chi connectivity index (χ4n) is 3.28. The molecular formula is C21H16BrCl2F2I2N3O2. The predicted octanol–water partition coefficient (Wildman–Crippen LogP) is 7.66. The lowest BCUT2D eigenvalue weighted by atomic mass is 9.91. The van der Waals surface area contributed by atoms with Crippen molar-refractivity contribution in [2.75, 3.05) is 0 Å². The molecule has 1 aliphatic rings. The number of halogens is 7. The smallest absolute Gasteiger partial charge is 0.254 e. The van der Waals surface area contributed by atoms with E-state index in [4.69, 9.17) is 33.4 Å². The Morgan fingerprint density at radius 1 is 1.36 bits per heavy atom. The second-order valence-electron chi connectivity index (χ2n) is 7.34. The van der Waals surface area contributed by atoms with Gasteiger partial charge in [0.05, 0.1) is 16.5 Å². The quantitative estimate of drug-likeness (QED) is 0.131. The SMILES string of the molecule is Cc1cc(C(=N)CC(c2cc(Cl)c(F)c(Cl)c2)C(F)(I)I)ccc1C(=O)NC1CC(Br)=NO1. The largest absolute Gasteiger partial charge is 0.369 e. The van der Waals surface area contributed by atoms with Crippen LogP contribution in [-0.4, -0.2) is 24.1 Å². The van der Waals surface area contributed by atoms with Crippen LogP contribution in [-0.2, 0) is 4.84 Å². The number of rotatable bonds is 7. The van der Waals surface area contributed by atoms with Crippen molar-refractivity contribution in [2.45, 2.75) is 33.6 Å². The summed E-state index contributed by atoms with van der Waals surface area (Å²) < 4.78 is 27.7. The predicted molar refractivity (Wildman–Crippen MR) is 147 cm³/mol. The first-order chi connectivity index (χ1) is 15.4. The van der Waals surface area contributed by atoms with Crippen LogP contribution in [0.2, 0.25) is 10.0 Å². The van der Waals surface area contributed by atoms with Crippen molar-refractivity contribution in [2.24, 2.45) is 5.16 Å². The highest BCUT2D eigenvalue weighted by atomic mass is 127. The molecule has 1 aliphatic heterocycles. The summed E-state index contributed by atoms with van der Waals surface area (Å²) in [7, 11) is 0. The lowest BCUT2D eigenvalue weighted by Gasteiger charge is -2.25. The molecule has 33 heavy (non-hydrogen) atoms. The third-order valence-corrected chi connectivity index (χ3v) is 7.48. The van der Waals surface area contributed by atoms with Crippen molar-refractivity contribution in [1.29, 1.82) is 5.41 Å². The first kappa shape index (κ1) is 27.0. The third-order valence-electron chi connectivity index (χ3n) is 4.96. The van der Waals surface area contributed by atoms with Crippen LogP contribution in [0.5, 0.6) is 0 Å². The molecule has 0 aliphatic carbocycles. The van der Waals surface area contributed by atoms with Crippen molar-refractivity contribution < 1.29 is 18.4 Å². The molecule has 5 nitrogen and oxygen atoms in total. The average molecular weight is 785 g/mol. The summed E-state index contributed by atoms with van der Waals surface area (Å²) in [6.45, 7) is 1.75. The molecule has 12 heteroatoms. The molecule has 176 valence electrons. The van der Waals surface area contributed by atoms with Gasteiger partial charge in [0.2, 0.25) is 7.91 Å². The van der Waals surface area contributed by atoms with E-state index >= 15 is 4.39 Å². The van der Waals surface area contributed by atoms with Crippen molar-refractivity contribution >= 4 is 101 Å². The van der Waals surface area contributed by atoms with Crippen molar-refractivity contribution in [1.82, 2.24) is 5.32 Å². The van der Waals surface area contributed by atoms with Crippen LogP contribution >= 0.6 is 84.3 Å². The second-order valence-corrected chi connectivity index (χ2v) is 14.3. The van der Waals surface area contributed by atoms with E-state index < -0.39 is 19.6 Å². The summed E-state index contributed by atoms with van der Waals surface area (Å²) in [6.07, 6.45) is -0.110. The lowest BCUT2D eigenvalue weighted by Crippen LogP contribution is -2.35. The standard InChI is InChI=1S/C21H16BrCl2F2I2N3O2/c1-9-4-10(2-3-12(9)20(32)30-18-8-17(22)31-33-18)16(29)7-13(21(26,27)28)11-5-14(23)19(25)15(24)6-11/h2-6,13,18,29H,7-8H2,1H3,(H,30,32). The number of nitrogens with zero attached hydrogens (tertiary/aromatic N) is 1. The van der Waals surface area contributed by atoms with E-state index in [1.807, 2.05) is 0 Å². The van der Waals surface area contributed by atoms with Crippen molar-refractivity contribution in [3.8, 4) is 0 Å². The van der Waals surface area contributed by atoms with Crippen LogP contribution in [0.15, 0.2) is 35.5 Å². The molecule has 3 rings (SSSR count). The van der Waals surface area contributed by atoms with Gasteiger partial charge in [-0.1, -0.05) is 34.4 Å². The Balaban J connectivity index is 1.79. The topological polar surface area (TPSA) is 74.5 Å². The van der Waals surface area contributed by atoms with Crippen LogP contribution in [0, 0.1) is 18.2 Å². The molecule has 2 aromatic rings. The molecule has 1 amide bonds. The normalized spacial score (nSPS) is 16.7. The number of nitrogens with one attached hydrogen (secondary N) is 2. The van der Waals surface area contributed by atoms with E-state index in [0.717, 1.165) is 0 Å². The van der Waals surface area contributed by atoms with Crippen molar-refractivity contribution in [3.63, 3.8) is 0 Å². The highest BCUT2D eigenvalue weighted by Gasteiger charge is 2.36. The number of oxime groups is 1. The molecule has 0 radical (unpaired) electrons. The Kier molecular flexibility index (Phi) is 9.01. The maximum atomic E-state index is 15.1. The summed E-state index contributed by atoms with van der Waals surface area (Å²) >= 11 is 18.3. The van der Waals surface area contributed by atoms with Gasteiger partial charge in [0.15, 0.2) is 5.82 Å². The average Bonchev–Trinajstić information content (AvgIpc) is 3.13. The van der Waals surface area contributed by atoms with Crippen LogP contribution in [0.25, 0.3) is 0 Å². The highest BCUT2D eigenvalue weighted by molar-refractivity contribution is 14.2. The Morgan fingerprint density at radius 2 is 2.00 bits per heavy atom. The lowest BCUT2D eigenvalue weighted by molar-refractivity contribution is 0.0502. The van der Waals surface area contributed by atoms with Gasteiger partial charge in [-0.2, -0.15) is 0 Å². The number of amides is 1. The van der Waals surface area contributed by atoms with Gasteiger partial charge in [0.1, 0.15) is 4.62 Å². The maximum absolute atomic E-state index is 15.1. The van der Waals surface area contributed by atoms with Crippen LogP contribution in [0.4, 0.5) is 8.78 Å². The van der Waals surface area contributed by atoms with Gasteiger partial charge in [-0.05, 0) is 109 Å². The van der Waals surface area contributed by atoms with E-state index in [9.17, 15) is 9.18 Å². The van der Waals surface area contributed by atoms with Crippen LogP contribution in [0.3, 0.4) is 0 Å². The van der Waals surface area contributed by atoms with Gasteiger partial charge in [-0.25, -0.2) is 8.78 Å². The third kappa shape index (κ3) is 6.77. The zero-order chi connectivity index (χ0) is 24.5. The summed E-state index contributed by atoms with van der Waals surface area (Å²) in [5.74, 6) is -1.92. The first-order valence-corrected chi connectivity index (χ1v) is 13.2. The molecule has 0 bridgehead atoms. The van der Waals surface area contributed by atoms with Gasteiger partial charge in [-0.3, -0.25) is 4.79 Å². The van der Waals surface area contributed by atoms with Crippen molar-refractivity contribution in [3.05, 3.63) is 68.4 Å². The molecule has 2 atom stereocenters. The van der Waals surface area contributed by atoms with Crippen LogP contribution < -0.4 is 5.32 Å². The summed E-state index contributed by atoms with van der Waals surface area (Å²) in [5, 5.41) is 14.6. The number of aryl methyl sites for hydroxylation is 1. The fourth-order valence-corrected chi connectivity index (χ4v) is 5.32. The number of benzene rings is 2. The zero-order valence-corrected chi connectivity index (χ0v) is 24.3. The monoisotopic (exact) mass is 783 g/mol. The van der Waals surface area contributed by atoms with E-state index in [2.05, 4.69) is 26.4 Å². The molecule has 0 saturated heterocycles. The van der Waals surface area contributed by atoms with E-state index in [1.165, 1.54) is 12.1 Å². The maximum Gasteiger partial charge on any atom is 0.254 e. The fraction of sp³-hybridized carbons (Fsp3) is 0.286. The number of carbonyl (C=O) groups excluding carboxylic acids is 1. The summed E-state index contributed by atoms with van der Waals surface area (Å²) in [5.41, 5.74) is 2.15. The Bertz CT molecular complexity index is 1120. The van der Waals surface area contributed by atoms with Gasteiger partial charge in [0, 0.05) is 23.6 Å².